The van der Waals surface area contributed by atoms with Crippen LogP contribution >= 0.6 is 7.82 Å². The van der Waals surface area contributed by atoms with E-state index in [-0.39, 0.29) is 0 Å². The Morgan fingerprint density at radius 2 is 1.68 bits per heavy atom. The molecule has 13 nitrogen and oxygen atoms in total. The Bertz CT molecular complexity index is 493. The third-order valence-corrected chi connectivity index (χ3v) is 3.51. The van der Waals surface area contributed by atoms with Gasteiger partial charge in [0.15, 0.2) is 11.9 Å². The van der Waals surface area contributed by atoms with Gasteiger partial charge in [-0.1, -0.05) is 0 Å². The Morgan fingerprint density at radius 3 is 2.09 bits per heavy atom. The van der Waals surface area contributed by atoms with Crippen molar-refractivity contribution in [2.24, 2.45) is 22.2 Å². The minimum atomic E-state index is -5.07. The van der Waals surface area contributed by atoms with Crippen molar-refractivity contribution in [3.8, 4) is 0 Å². The lowest BCUT2D eigenvalue weighted by molar-refractivity contribution is -0.136. The van der Waals surface area contributed by atoms with Crippen LogP contribution in [0.1, 0.15) is 0 Å². The van der Waals surface area contributed by atoms with E-state index in [0.717, 1.165) is 0 Å². The lowest BCUT2D eigenvalue weighted by atomic mass is 9.81. The van der Waals surface area contributed by atoms with E-state index in [9.17, 15) is 19.9 Å². The number of nitrogens with two attached hydrogens (primary N) is 3. The highest BCUT2D eigenvalue weighted by Gasteiger charge is 2.52. The summed E-state index contributed by atoms with van der Waals surface area (Å²) in [5, 5.41) is 39.3. The fourth-order valence-corrected chi connectivity index (χ4v) is 2.74. The van der Waals surface area contributed by atoms with Crippen molar-refractivity contribution in [1.82, 2.24) is 5.32 Å². The van der Waals surface area contributed by atoms with Crippen molar-refractivity contribution in [3.63, 3.8) is 0 Å². The minimum absolute atomic E-state index is 0.548. The number of phosphoric ester groups is 1. The van der Waals surface area contributed by atoms with E-state index >= 15 is 0 Å². The van der Waals surface area contributed by atoms with Crippen LogP contribution in [0.15, 0.2) is 4.99 Å². The lowest BCUT2D eigenvalue weighted by Gasteiger charge is -2.44. The summed E-state index contributed by atoms with van der Waals surface area (Å²) in [4.78, 5) is 21.3. The van der Waals surface area contributed by atoms with Crippen molar-refractivity contribution in [3.05, 3.63) is 0 Å². The van der Waals surface area contributed by atoms with E-state index in [0.29, 0.717) is 0 Å². The fourth-order valence-electron chi connectivity index (χ4n) is 2.17. The van der Waals surface area contributed by atoms with Crippen LogP contribution in [0.25, 0.3) is 0 Å². The normalized spacial score (nSPS) is 35.7. The first-order valence-electron chi connectivity index (χ1n) is 5.91. The van der Waals surface area contributed by atoms with Crippen LogP contribution in [0, 0.1) is 5.41 Å². The van der Waals surface area contributed by atoms with Crippen molar-refractivity contribution >= 4 is 19.7 Å². The maximum Gasteiger partial charge on any atom is 0.470 e. The zero-order valence-corrected chi connectivity index (χ0v) is 12.0. The van der Waals surface area contributed by atoms with Gasteiger partial charge in [-0.05, 0) is 0 Å². The number of hydrogen-bond acceptors (Lipinski definition) is 7. The van der Waals surface area contributed by atoms with Gasteiger partial charge in [-0.3, -0.25) is 9.93 Å². The fraction of sp³-hybridized carbons (Fsp3) is 0.750. The molecule has 0 heterocycles. The largest absolute Gasteiger partial charge is 0.470 e. The Balaban J connectivity index is 3.18. The van der Waals surface area contributed by atoms with Gasteiger partial charge in [0.25, 0.3) is 0 Å². The SMILES string of the molecule is N=C(N)NC1C(O)C(O)C(OP(=O)(O)O)C(N=C(N)N)C1O. The van der Waals surface area contributed by atoms with Crippen LogP contribution in [0.4, 0.5) is 0 Å². The second kappa shape index (κ2) is 6.75. The molecular weight excluding hydrogens is 323 g/mol. The molecule has 0 radical (unpaired) electrons. The van der Waals surface area contributed by atoms with Crippen LogP contribution in [0.5, 0.6) is 0 Å². The zero-order valence-electron chi connectivity index (χ0n) is 11.1. The second-order valence-electron chi connectivity index (χ2n) is 4.66. The summed E-state index contributed by atoms with van der Waals surface area (Å²) in [6.07, 6.45) is -7.10. The number of nitrogens with one attached hydrogen (secondary N) is 2. The predicted octanol–water partition coefficient (Wildman–Crippen LogP) is -4.95. The number of nitrogens with zero attached hydrogens (tertiary/aromatic N) is 1. The zero-order chi connectivity index (χ0) is 17.2. The molecule has 1 fully saturated rings. The highest BCUT2D eigenvalue weighted by molar-refractivity contribution is 7.46. The third kappa shape index (κ3) is 4.51. The van der Waals surface area contributed by atoms with E-state index in [1.54, 1.807) is 0 Å². The molecule has 6 unspecified atom stereocenters. The number of rotatable bonds is 4. The molecule has 6 atom stereocenters. The predicted molar refractivity (Wildman–Crippen MR) is 73.4 cm³/mol. The Morgan fingerprint density at radius 1 is 1.14 bits per heavy atom. The van der Waals surface area contributed by atoms with Crippen molar-refractivity contribution in [1.29, 1.82) is 5.41 Å². The van der Waals surface area contributed by atoms with Gasteiger partial charge in [0.1, 0.15) is 30.5 Å². The molecule has 0 aliphatic heterocycles. The average molecular weight is 342 g/mol. The highest BCUT2D eigenvalue weighted by Crippen LogP contribution is 2.42. The topological polar surface area (TPSA) is 254 Å². The molecular formula is C8H19N6O7P. The summed E-state index contributed by atoms with van der Waals surface area (Å²) in [5.41, 5.74) is 15.5. The van der Waals surface area contributed by atoms with E-state index in [2.05, 4.69) is 14.8 Å². The number of phosphoric acid groups is 1. The van der Waals surface area contributed by atoms with E-state index in [4.69, 9.17) is 32.4 Å². The Hall–Kier alpha value is -1.47. The van der Waals surface area contributed by atoms with Crippen LogP contribution in [-0.2, 0) is 9.09 Å². The number of guanidine groups is 2. The first kappa shape index (κ1) is 18.6. The van der Waals surface area contributed by atoms with Crippen molar-refractivity contribution in [2.45, 2.75) is 36.5 Å². The molecule has 22 heavy (non-hydrogen) atoms. The van der Waals surface area contributed by atoms with Gasteiger partial charge in [-0.25, -0.2) is 9.56 Å². The molecule has 13 N–H and O–H groups in total. The van der Waals surface area contributed by atoms with Crippen LogP contribution < -0.4 is 22.5 Å². The smallest absolute Gasteiger partial charge is 0.389 e. The monoisotopic (exact) mass is 342 g/mol. The molecule has 0 aromatic carbocycles. The molecule has 128 valence electrons. The molecule has 1 saturated carbocycles. The maximum absolute atomic E-state index is 11.0. The van der Waals surface area contributed by atoms with Crippen LogP contribution in [0.2, 0.25) is 0 Å². The van der Waals surface area contributed by atoms with Gasteiger partial charge in [0, 0.05) is 0 Å². The van der Waals surface area contributed by atoms with Gasteiger partial charge in [-0.2, -0.15) is 0 Å². The molecule has 1 aliphatic carbocycles. The molecule has 0 aromatic heterocycles. The van der Waals surface area contributed by atoms with Gasteiger partial charge >= 0.3 is 7.82 Å². The van der Waals surface area contributed by atoms with Crippen molar-refractivity contribution < 1.29 is 34.2 Å². The molecule has 14 heteroatoms. The standard InChI is InChI=1S/C8H19N6O7P/c9-7(10)13-1-3(15)2(14-8(11)12)6(5(17)4(1)16)21-22(18,19)20/h1-6,15-17H,(H4,9,10,13)(H4,11,12,14)(H2,18,19,20). The third-order valence-electron chi connectivity index (χ3n) is 2.99. The van der Waals surface area contributed by atoms with Gasteiger partial charge < -0.3 is 47.6 Å². The van der Waals surface area contributed by atoms with E-state index in [1.165, 1.54) is 0 Å². The van der Waals surface area contributed by atoms with Gasteiger partial charge in [0.05, 0.1) is 6.04 Å². The molecule has 0 aromatic rings. The molecule has 0 spiro atoms. The minimum Gasteiger partial charge on any atom is -0.389 e. The van der Waals surface area contributed by atoms with Gasteiger partial charge in [-0.15, -0.1) is 0 Å². The highest BCUT2D eigenvalue weighted by atomic mass is 31.2. The second-order valence-corrected chi connectivity index (χ2v) is 5.85. The molecule has 0 amide bonds. The van der Waals surface area contributed by atoms with Crippen LogP contribution in [0.3, 0.4) is 0 Å². The molecule has 1 rings (SSSR count). The number of hydrogen-bond donors (Lipinski definition) is 10. The van der Waals surface area contributed by atoms with E-state index in [1.807, 2.05) is 0 Å². The van der Waals surface area contributed by atoms with E-state index < -0.39 is 56.2 Å². The summed E-state index contributed by atoms with van der Waals surface area (Å²) in [6.45, 7) is 0. The summed E-state index contributed by atoms with van der Waals surface area (Å²) < 4.78 is 15.3. The number of aliphatic imine (C=N–C) groups is 1. The quantitative estimate of drug-likeness (QED) is 0.131. The van der Waals surface area contributed by atoms with Crippen LogP contribution in [-0.4, -0.2) is 73.5 Å². The summed E-state index contributed by atoms with van der Waals surface area (Å²) in [5.74, 6) is -1.17. The molecule has 1 aliphatic rings. The number of aliphatic hydroxyl groups is 3. The summed E-state index contributed by atoms with van der Waals surface area (Å²) >= 11 is 0. The lowest BCUT2D eigenvalue weighted by Crippen LogP contribution is -2.69. The average Bonchev–Trinajstić information content (AvgIpc) is 2.34. The molecule has 0 bridgehead atoms. The summed E-state index contributed by atoms with van der Waals surface area (Å²) in [7, 11) is -5.07. The summed E-state index contributed by atoms with van der Waals surface area (Å²) in [6, 6.07) is -2.88. The first-order chi connectivity index (χ1) is 9.94. The number of aliphatic hydroxyl groups excluding tert-OH is 3. The Kier molecular flexibility index (Phi) is 5.70. The molecule has 0 saturated heterocycles. The van der Waals surface area contributed by atoms with Gasteiger partial charge in [0.2, 0.25) is 0 Å². The Labute approximate surface area is 124 Å². The first-order valence-corrected chi connectivity index (χ1v) is 7.44. The maximum atomic E-state index is 11.0. The van der Waals surface area contributed by atoms with Crippen molar-refractivity contribution in [2.75, 3.05) is 0 Å².